The van der Waals surface area contributed by atoms with Crippen molar-refractivity contribution in [2.45, 2.75) is 31.6 Å². The first-order valence-corrected chi connectivity index (χ1v) is 7.85. The van der Waals surface area contributed by atoms with Crippen LogP contribution >= 0.6 is 11.8 Å². The second-order valence-electron chi connectivity index (χ2n) is 5.39. The molecule has 1 N–H and O–H groups in total. The number of fused-ring (bicyclic) bond motifs is 1. The van der Waals surface area contributed by atoms with Gasteiger partial charge in [0.1, 0.15) is 0 Å². The zero-order valence-corrected chi connectivity index (χ0v) is 12.9. The molecular weight excluding hydrogens is 272 g/mol. The molecule has 0 spiro atoms. The molecule has 2 aliphatic heterocycles. The van der Waals surface area contributed by atoms with E-state index in [1.807, 2.05) is 23.9 Å². The van der Waals surface area contributed by atoms with Crippen LogP contribution in [0.15, 0.2) is 17.1 Å². The molecule has 0 radical (unpaired) electrons. The number of methoxy groups -OCH3 is 1. The van der Waals surface area contributed by atoms with Crippen LogP contribution in [0.25, 0.3) is 0 Å². The van der Waals surface area contributed by atoms with E-state index in [0.717, 1.165) is 24.7 Å². The Kier molecular flexibility index (Phi) is 3.54. The smallest absolute Gasteiger partial charge is 0.160 e. The lowest BCUT2D eigenvalue weighted by molar-refractivity contribution is 0.319. The summed E-state index contributed by atoms with van der Waals surface area (Å²) < 4.78 is 5.23. The summed E-state index contributed by atoms with van der Waals surface area (Å²) >= 11 is 1.86. The predicted molar refractivity (Wildman–Crippen MR) is 82.8 cm³/mol. The van der Waals surface area contributed by atoms with E-state index in [4.69, 9.17) is 4.74 Å². The molecule has 0 saturated carbocycles. The summed E-state index contributed by atoms with van der Waals surface area (Å²) in [6.07, 6.45) is 0.936. The molecule has 0 fully saturated rings. The van der Waals surface area contributed by atoms with Crippen LogP contribution in [0, 0.1) is 0 Å². The molecule has 5 heteroatoms. The van der Waals surface area contributed by atoms with Gasteiger partial charge < -0.3 is 14.7 Å². The molecule has 2 heterocycles. The average molecular weight is 292 g/mol. The van der Waals surface area contributed by atoms with Gasteiger partial charge in [-0.1, -0.05) is 18.7 Å². The molecule has 108 valence electrons. The number of aliphatic imine (C=N–C) groups is 1. The number of aromatic hydroxyl groups is 1. The van der Waals surface area contributed by atoms with Crippen LogP contribution in [0.5, 0.6) is 11.5 Å². The minimum absolute atomic E-state index is 0.230. The number of phenolic OH excluding ortho intramolecular Hbond substituents is 1. The van der Waals surface area contributed by atoms with E-state index in [9.17, 15) is 5.11 Å². The van der Waals surface area contributed by atoms with Crippen LogP contribution in [0.2, 0.25) is 0 Å². The van der Waals surface area contributed by atoms with Gasteiger partial charge in [0, 0.05) is 11.8 Å². The summed E-state index contributed by atoms with van der Waals surface area (Å²) in [5, 5.41) is 11.6. The van der Waals surface area contributed by atoms with E-state index >= 15 is 0 Å². The van der Waals surface area contributed by atoms with Crippen molar-refractivity contribution in [3.63, 3.8) is 0 Å². The topological polar surface area (TPSA) is 45.1 Å². The number of nitrogens with zero attached hydrogens (tertiary/aromatic N) is 2. The van der Waals surface area contributed by atoms with Gasteiger partial charge in [0.25, 0.3) is 0 Å². The Bertz CT molecular complexity index is 559. The fourth-order valence-electron chi connectivity index (χ4n) is 2.88. The van der Waals surface area contributed by atoms with Crippen molar-refractivity contribution in [3.8, 4) is 11.5 Å². The molecule has 1 aromatic carbocycles. The first-order valence-electron chi connectivity index (χ1n) is 6.97. The molecule has 0 amide bonds. The molecule has 0 bridgehead atoms. The van der Waals surface area contributed by atoms with Gasteiger partial charge in [-0.05, 0) is 36.6 Å². The van der Waals surface area contributed by atoms with E-state index in [2.05, 4.69) is 23.7 Å². The van der Waals surface area contributed by atoms with Gasteiger partial charge in [-0.2, -0.15) is 0 Å². The molecule has 2 atom stereocenters. The van der Waals surface area contributed by atoms with Gasteiger partial charge >= 0.3 is 0 Å². The lowest BCUT2D eigenvalue weighted by Gasteiger charge is -2.36. The largest absolute Gasteiger partial charge is 0.504 e. The van der Waals surface area contributed by atoms with Gasteiger partial charge in [0.05, 0.1) is 19.7 Å². The molecule has 0 aliphatic carbocycles. The molecule has 0 saturated heterocycles. The fraction of sp³-hybridized carbons (Fsp3) is 0.533. The number of ether oxygens (including phenoxy) is 1. The summed E-state index contributed by atoms with van der Waals surface area (Å²) in [6, 6.07) is 4.07. The highest BCUT2D eigenvalue weighted by Gasteiger charge is 2.30. The number of amidine groups is 1. The maximum Gasteiger partial charge on any atom is 0.160 e. The number of hydrogen-bond donors (Lipinski definition) is 1. The second kappa shape index (κ2) is 5.20. The van der Waals surface area contributed by atoms with Crippen LogP contribution in [0.1, 0.15) is 31.0 Å². The molecule has 20 heavy (non-hydrogen) atoms. The van der Waals surface area contributed by atoms with Crippen molar-refractivity contribution in [1.29, 1.82) is 0 Å². The Hall–Kier alpha value is -1.36. The monoisotopic (exact) mass is 292 g/mol. The molecule has 0 unspecified atom stereocenters. The van der Waals surface area contributed by atoms with E-state index < -0.39 is 0 Å². The number of hydrogen-bond acceptors (Lipinski definition) is 5. The highest BCUT2D eigenvalue weighted by molar-refractivity contribution is 8.14. The van der Waals surface area contributed by atoms with Crippen molar-refractivity contribution < 1.29 is 9.84 Å². The molecule has 2 aliphatic rings. The Labute approximate surface area is 123 Å². The Morgan fingerprint density at radius 2 is 2.20 bits per heavy atom. The van der Waals surface area contributed by atoms with Crippen molar-refractivity contribution >= 4 is 16.9 Å². The summed E-state index contributed by atoms with van der Waals surface area (Å²) in [6.45, 7) is 6.28. The third-order valence-electron chi connectivity index (χ3n) is 4.02. The highest BCUT2D eigenvalue weighted by Crippen LogP contribution is 2.39. The number of benzene rings is 1. The van der Waals surface area contributed by atoms with Crippen LogP contribution in [0.4, 0.5) is 0 Å². The fourth-order valence-corrected chi connectivity index (χ4v) is 3.92. The molecule has 3 rings (SSSR count). The van der Waals surface area contributed by atoms with E-state index in [1.165, 1.54) is 11.1 Å². The second-order valence-corrected chi connectivity index (χ2v) is 6.80. The maximum absolute atomic E-state index is 9.90. The molecule has 4 nitrogen and oxygen atoms in total. The lowest BCUT2D eigenvalue weighted by Crippen LogP contribution is -2.37. The minimum atomic E-state index is 0.230. The quantitative estimate of drug-likeness (QED) is 0.864. The molecule has 0 aromatic heterocycles. The Morgan fingerprint density at radius 3 is 2.85 bits per heavy atom. The van der Waals surface area contributed by atoms with Crippen LogP contribution in [-0.2, 0) is 6.42 Å². The molecular formula is C15H20N2O2S. The normalized spacial score (nSPS) is 25.4. The van der Waals surface area contributed by atoms with Crippen molar-refractivity contribution in [2.24, 2.45) is 4.99 Å². The highest BCUT2D eigenvalue weighted by atomic mass is 32.2. The third-order valence-corrected chi connectivity index (χ3v) is 5.14. The number of rotatable bonds is 1. The maximum atomic E-state index is 9.90. The van der Waals surface area contributed by atoms with Crippen LogP contribution in [-0.4, -0.2) is 40.6 Å². The summed E-state index contributed by atoms with van der Waals surface area (Å²) in [7, 11) is 1.59. The standard InChI is InChI=1S/C15H20N2O2S/c1-9-8-16-15(20-9)17-5-4-11-6-13(18)14(19-3)7-12(11)10(17)2/h6-7,9-10,18H,4-5,8H2,1-3H3/t9-,10-/m1/s1. The van der Waals surface area contributed by atoms with Crippen LogP contribution in [0.3, 0.4) is 0 Å². The van der Waals surface area contributed by atoms with E-state index in [-0.39, 0.29) is 11.8 Å². The van der Waals surface area contributed by atoms with Gasteiger partial charge in [-0.3, -0.25) is 4.99 Å². The van der Waals surface area contributed by atoms with Crippen molar-refractivity contribution in [2.75, 3.05) is 20.2 Å². The van der Waals surface area contributed by atoms with E-state index in [1.54, 1.807) is 7.11 Å². The number of phenols is 1. The van der Waals surface area contributed by atoms with Crippen molar-refractivity contribution in [3.05, 3.63) is 23.3 Å². The predicted octanol–water partition coefficient (Wildman–Crippen LogP) is 2.81. The van der Waals surface area contributed by atoms with Gasteiger partial charge in [0.2, 0.25) is 0 Å². The van der Waals surface area contributed by atoms with Gasteiger partial charge in [-0.15, -0.1) is 0 Å². The summed E-state index contributed by atoms with van der Waals surface area (Å²) in [5.41, 5.74) is 2.44. The lowest BCUT2D eigenvalue weighted by atomic mass is 9.93. The molecule has 1 aromatic rings. The van der Waals surface area contributed by atoms with Crippen molar-refractivity contribution in [1.82, 2.24) is 4.90 Å². The van der Waals surface area contributed by atoms with Crippen LogP contribution < -0.4 is 4.74 Å². The average Bonchev–Trinajstić information content (AvgIpc) is 2.85. The first-order chi connectivity index (χ1) is 9.60. The summed E-state index contributed by atoms with van der Waals surface area (Å²) in [4.78, 5) is 7.02. The number of thioether (sulfide) groups is 1. The Balaban J connectivity index is 1.92. The minimum Gasteiger partial charge on any atom is -0.504 e. The van der Waals surface area contributed by atoms with E-state index in [0.29, 0.717) is 11.0 Å². The zero-order valence-electron chi connectivity index (χ0n) is 12.1. The van der Waals surface area contributed by atoms with Gasteiger partial charge in [-0.25, -0.2) is 0 Å². The first kappa shape index (κ1) is 13.6. The zero-order chi connectivity index (χ0) is 14.3. The SMILES string of the molecule is COc1cc2c(cc1O)CCN(C1=NC[C@@H](C)S1)[C@@H]2C. The Morgan fingerprint density at radius 1 is 1.40 bits per heavy atom. The third kappa shape index (κ3) is 2.24. The van der Waals surface area contributed by atoms with Gasteiger partial charge in [0.15, 0.2) is 16.7 Å². The summed E-state index contributed by atoms with van der Waals surface area (Å²) in [5.74, 6) is 0.778.